The highest BCUT2D eigenvalue weighted by molar-refractivity contribution is 5.93. The number of methoxy groups -OCH3 is 2. The molecule has 38 heavy (non-hydrogen) atoms. The molecule has 196 valence electrons. The van der Waals surface area contributed by atoms with E-state index in [-0.39, 0.29) is 28.7 Å². The summed E-state index contributed by atoms with van der Waals surface area (Å²) in [7, 11) is 2.39. The molecule has 11 heteroatoms. The van der Waals surface area contributed by atoms with Crippen molar-refractivity contribution in [2.45, 2.75) is 12.3 Å². The molecule has 0 fully saturated rings. The second-order valence-corrected chi connectivity index (χ2v) is 8.29. The molecule has 0 aliphatic carbocycles. The predicted molar refractivity (Wildman–Crippen MR) is 133 cm³/mol. The van der Waals surface area contributed by atoms with Crippen LogP contribution in [0.3, 0.4) is 0 Å². The van der Waals surface area contributed by atoms with E-state index in [1.807, 2.05) is 0 Å². The highest BCUT2D eigenvalue weighted by Gasteiger charge is 2.30. The molecule has 1 heterocycles. The summed E-state index contributed by atoms with van der Waals surface area (Å²) in [6.45, 7) is 0. The normalized spacial score (nSPS) is 11.7. The number of hydrogen-bond donors (Lipinski definition) is 5. The Kier molecular flexibility index (Phi) is 6.85. The molecule has 0 saturated heterocycles. The number of aromatic hydroxyl groups is 5. The van der Waals surface area contributed by atoms with Gasteiger partial charge in [-0.2, -0.15) is 0 Å². The van der Waals surface area contributed by atoms with Crippen LogP contribution < -0.4 is 5.43 Å². The molecule has 1 atom stereocenters. The first kappa shape index (κ1) is 25.9. The van der Waals surface area contributed by atoms with Gasteiger partial charge in [-0.25, -0.2) is 4.79 Å². The Morgan fingerprint density at radius 2 is 1.53 bits per heavy atom. The monoisotopic (exact) mass is 522 g/mol. The van der Waals surface area contributed by atoms with E-state index in [0.717, 1.165) is 18.2 Å². The van der Waals surface area contributed by atoms with Crippen molar-refractivity contribution in [1.29, 1.82) is 0 Å². The lowest BCUT2D eigenvalue weighted by molar-refractivity contribution is -0.140. The topological polar surface area (TPSA) is 184 Å². The molecule has 1 aromatic heterocycles. The van der Waals surface area contributed by atoms with Gasteiger partial charge in [0, 0.05) is 23.1 Å². The number of benzene rings is 3. The molecule has 11 nitrogen and oxygen atoms in total. The maximum Gasteiger partial charge on any atom is 0.337 e. The Bertz CT molecular complexity index is 1620. The number of carbonyl (C=O) groups is 2. The van der Waals surface area contributed by atoms with Gasteiger partial charge in [0.2, 0.25) is 11.2 Å². The van der Waals surface area contributed by atoms with E-state index in [1.54, 1.807) is 0 Å². The zero-order valence-electron chi connectivity index (χ0n) is 20.1. The van der Waals surface area contributed by atoms with E-state index in [0.29, 0.717) is 5.56 Å². The molecule has 4 aromatic rings. The Balaban J connectivity index is 2.04. The average molecular weight is 522 g/mol. The molecule has 0 amide bonds. The number of carbonyl (C=O) groups excluding carboxylic acids is 2. The highest BCUT2D eigenvalue weighted by atomic mass is 16.5. The SMILES string of the molecule is COC(=O)CC(c1ccc(C(=O)OC)cc1)c1c(O)cc(O)c2c(=O)c(O)c(-c3ccc(O)c(O)c3)oc12. The molecular weight excluding hydrogens is 500 g/mol. The van der Waals surface area contributed by atoms with E-state index in [2.05, 4.69) is 0 Å². The first-order valence-electron chi connectivity index (χ1n) is 11.1. The molecule has 5 N–H and O–H groups in total. The minimum atomic E-state index is -1.05. The number of esters is 2. The average Bonchev–Trinajstić information content (AvgIpc) is 2.90. The van der Waals surface area contributed by atoms with Gasteiger partial charge in [0.05, 0.1) is 26.2 Å². The Labute approximate surface area is 214 Å². The Morgan fingerprint density at radius 3 is 2.13 bits per heavy atom. The van der Waals surface area contributed by atoms with Gasteiger partial charge in [-0.05, 0) is 35.9 Å². The molecule has 0 saturated carbocycles. The van der Waals surface area contributed by atoms with Crippen molar-refractivity contribution in [1.82, 2.24) is 0 Å². The van der Waals surface area contributed by atoms with Crippen molar-refractivity contribution in [3.05, 3.63) is 75.4 Å². The summed E-state index contributed by atoms with van der Waals surface area (Å²) >= 11 is 0. The van der Waals surface area contributed by atoms with Crippen LogP contribution in [0.15, 0.2) is 57.7 Å². The van der Waals surface area contributed by atoms with Gasteiger partial charge in [-0.3, -0.25) is 9.59 Å². The van der Waals surface area contributed by atoms with E-state index in [4.69, 9.17) is 13.9 Å². The fourth-order valence-corrected chi connectivity index (χ4v) is 4.15. The molecule has 0 aliphatic rings. The zero-order valence-corrected chi connectivity index (χ0v) is 20.1. The Hall–Kier alpha value is -5.19. The van der Waals surface area contributed by atoms with Gasteiger partial charge in [0.15, 0.2) is 17.3 Å². The summed E-state index contributed by atoms with van der Waals surface area (Å²) < 4.78 is 15.4. The first-order valence-corrected chi connectivity index (χ1v) is 11.1. The van der Waals surface area contributed by atoms with Gasteiger partial charge in [0.25, 0.3) is 0 Å². The van der Waals surface area contributed by atoms with Crippen LogP contribution in [-0.4, -0.2) is 51.7 Å². The standard InChI is InChI=1S/C27H22O11/c1-36-20(32)10-15(12-3-5-13(6-4-12)27(35)37-2)21-18(30)11-19(31)22-23(33)24(34)25(38-26(21)22)14-7-8-16(28)17(29)9-14/h3-9,11,15,28-31,34H,10H2,1-2H3. The maximum absolute atomic E-state index is 13.1. The van der Waals surface area contributed by atoms with Crippen LogP contribution in [0.5, 0.6) is 28.7 Å². The van der Waals surface area contributed by atoms with Gasteiger partial charge >= 0.3 is 11.9 Å². The lowest BCUT2D eigenvalue weighted by Crippen LogP contribution is -2.13. The minimum absolute atomic E-state index is 0.00229. The van der Waals surface area contributed by atoms with Crippen LogP contribution in [0.4, 0.5) is 0 Å². The van der Waals surface area contributed by atoms with Gasteiger partial charge in [-0.1, -0.05) is 12.1 Å². The van der Waals surface area contributed by atoms with Crippen LogP contribution in [0, 0.1) is 0 Å². The smallest absolute Gasteiger partial charge is 0.337 e. The van der Waals surface area contributed by atoms with Crippen LogP contribution in [0.1, 0.15) is 33.8 Å². The zero-order chi connectivity index (χ0) is 27.7. The molecule has 0 bridgehead atoms. The summed E-state index contributed by atoms with van der Waals surface area (Å²) in [5.41, 5.74) is -0.860. The number of hydrogen-bond acceptors (Lipinski definition) is 11. The fraction of sp³-hybridized carbons (Fsp3) is 0.148. The van der Waals surface area contributed by atoms with E-state index in [9.17, 15) is 39.9 Å². The van der Waals surface area contributed by atoms with Crippen molar-refractivity contribution in [3.63, 3.8) is 0 Å². The van der Waals surface area contributed by atoms with Crippen molar-refractivity contribution in [2.75, 3.05) is 14.2 Å². The number of rotatable bonds is 6. The van der Waals surface area contributed by atoms with Crippen molar-refractivity contribution in [2.24, 2.45) is 0 Å². The summed E-state index contributed by atoms with van der Waals surface area (Å²) in [6, 6.07) is 10.2. The molecule has 4 rings (SSSR count). The molecule has 0 spiro atoms. The molecule has 1 unspecified atom stereocenters. The van der Waals surface area contributed by atoms with E-state index >= 15 is 0 Å². The summed E-state index contributed by atoms with van der Waals surface area (Å²) in [5.74, 6) is -5.86. The van der Waals surface area contributed by atoms with E-state index in [1.165, 1.54) is 44.6 Å². The number of phenolic OH excluding ortho intramolecular Hbond substituents is 4. The summed E-state index contributed by atoms with van der Waals surface area (Å²) in [4.78, 5) is 37.4. The van der Waals surface area contributed by atoms with E-state index < -0.39 is 63.2 Å². The third-order valence-electron chi connectivity index (χ3n) is 6.06. The van der Waals surface area contributed by atoms with Crippen LogP contribution >= 0.6 is 0 Å². The number of fused-ring (bicyclic) bond motifs is 1. The first-order chi connectivity index (χ1) is 18.1. The van der Waals surface area contributed by atoms with Gasteiger partial charge in [0.1, 0.15) is 22.5 Å². The van der Waals surface area contributed by atoms with Gasteiger partial charge < -0.3 is 39.4 Å². The quantitative estimate of drug-likeness (QED) is 0.184. The molecule has 0 aliphatic heterocycles. The second-order valence-electron chi connectivity index (χ2n) is 8.29. The lowest BCUT2D eigenvalue weighted by atomic mass is 9.86. The summed E-state index contributed by atoms with van der Waals surface area (Å²) in [6.07, 6.45) is -0.346. The fourth-order valence-electron chi connectivity index (χ4n) is 4.15. The number of ether oxygens (including phenoxy) is 2. The lowest BCUT2D eigenvalue weighted by Gasteiger charge is -2.20. The van der Waals surface area contributed by atoms with Crippen LogP contribution in [-0.2, 0) is 14.3 Å². The van der Waals surface area contributed by atoms with Crippen LogP contribution in [0.25, 0.3) is 22.3 Å². The maximum atomic E-state index is 13.1. The Morgan fingerprint density at radius 1 is 0.842 bits per heavy atom. The number of phenols is 4. The predicted octanol–water partition coefficient (Wildman–Crippen LogP) is 3.47. The van der Waals surface area contributed by atoms with Crippen molar-refractivity contribution < 1.29 is 49.0 Å². The highest BCUT2D eigenvalue weighted by Crippen LogP contribution is 2.45. The second kappa shape index (κ2) is 10.1. The van der Waals surface area contributed by atoms with Crippen LogP contribution in [0.2, 0.25) is 0 Å². The third kappa shape index (κ3) is 4.52. The largest absolute Gasteiger partial charge is 0.507 e. The molecule has 3 aromatic carbocycles. The molecular formula is C27H22O11. The van der Waals surface area contributed by atoms with Crippen molar-refractivity contribution in [3.8, 4) is 40.1 Å². The third-order valence-corrected chi connectivity index (χ3v) is 6.06. The van der Waals surface area contributed by atoms with Crippen molar-refractivity contribution >= 4 is 22.9 Å². The molecule has 0 radical (unpaired) electrons. The summed E-state index contributed by atoms with van der Waals surface area (Å²) in [5, 5.41) is 51.1. The van der Waals surface area contributed by atoms with Gasteiger partial charge in [-0.15, -0.1) is 0 Å². The minimum Gasteiger partial charge on any atom is -0.507 e.